The molecule has 0 bridgehead atoms. The Morgan fingerprint density at radius 1 is 1.00 bits per heavy atom. The summed E-state index contributed by atoms with van der Waals surface area (Å²) in [6.07, 6.45) is 6.58. The minimum Gasteiger partial charge on any atom is -0.353 e. The van der Waals surface area contributed by atoms with Crippen LogP contribution in [0.5, 0.6) is 0 Å². The Hall–Kier alpha value is -1.47. The summed E-state index contributed by atoms with van der Waals surface area (Å²) in [5, 5.41) is 11.6. The van der Waals surface area contributed by atoms with Crippen molar-refractivity contribution in [2.75, 3.05) is 36.0 Å². The highest BCUT2D eigenvalue weighted by atomic mass is 35.5. The van der Waals surface area contributed by atoms with Gasteiger partial charge in [-0.05, 0) is 31.4 Å². The molecule has 3 heterocycles. The molecule has 1 saturated heterocycles. The van der Waals surface area contributed by atoms with Gasteiger partial charge in [0, 0.05) is 43.9 Å². The summed E-state index contributed by atoms with van der Waals surface area (Å²) in [5.74, 6) is 1.55. The van der Waals surface area contributed by atoms with Gasteiger partial charge >= 0.3 is 0 Å². The number of aryl methyl sites for hydroxylation is 1. The molecule has 0 atom stereocenters. The van der Waals surface area contributed by atoms with E-state index in [-0.39, 0.29) is 0 Å². The summed E-state index contributed by atoms with van der Waals surface area (Å²) < 4.78 is 0. The van der Waals surface area contributed by atoms with E-state index in [1.807, 2.05) is 13.0 Å². The van der Waals surface area contributed by atoms with E-state index in [0.29, 0.717) is 11.2 Å². The van der Waals surface area contributed by atoms with E-state index in [0.717, 1.165) is 42.8 Å². The maximum absolute atomic E-state index is 5.99. The van der Waals surface area contributed by atoms with Crippen LogP contribution < -0.4 is 9.80 Å². The molecule has 0 aromatic carbocycles. The quantitative estimate of drug-likeness (QED) is 0.759. The van der Waals surface area contributed by atoms with Crippen LogP contribution in [-0.4, -0.2) is 46.3 Å². The Labute approximate surface area is 157 Å². The Morgan fingerprint density at radius 3 is 2.44 bits per heavy atom. The highest BCUT2D eigenvalue weighted by Crippen LogP contribution is 2.36. The highest BCUT2D eigenvalue weighted by Gasteiger charge is 2.24. The molecule has 1 saturated carbocycles. The zero-order valence-corrected chi connectivity index (χ0v) is 16.1. The van der Waals surface area contributed by atoms with Crippen molar-refractivity contribution in [2.45, 2.75) is 44.9 Å². The van der Waals surface area contributed by atoms with Crippen molar-refractivity contribution >= 4 is 33.9 Å². The molecule has 0 N–H and O–H groups in total. The van der Waals surface area contributed by atoms with Crippen molar-refractivity contribution in [3.8, 4) is 0 Å². The second kappa shape index (κ2) is 7.41. The zero-order chi connectivity index (χ0) is 17.2. The fourth-order valence-corrected chi connectivity index (χ4v) is 4.96. The Morgan fingerprint density at radius 2 is 1.72 bits per heavy atom. The standard InChI is InChI=1S/C17H23ClN6S/c1-12-11-14(20-16(18)19-12)23-7-9-24(10-8-23)17-22-21-15(25-17)13-5-3-2-4-6-13/h11,13H,2-10H2,1H3. The van der Waals surface area contributed by atoms with Gasteiger partial charge in [-0.3, -0.25) is 0 Å². The van der Waals surface area contributed by atoms with Crippen molar-refractivity contribution < 1.29 is 0 Å². The molecule has 2 aromatic heterocycles. The fraction of sp³-hybridized carbons (Fsp3) is 0.647. The SMILES string of the molecule is Cc1cc(N2CCN(c3nnc(C4CCCCC4)s3)CC2)nc(Cl)n1. The van der Waals surface area contributed by atoms with Crippen LogP contribution >= 0.6 is 22.9 Å². The molecule has 8 heteroatoms. The summed E-state index contributed by atoms with van der Waals surface area (Å²) >= 11 is 7.78. The molecule has 0 radical (unpaired) electrons. The van der Waals surface area contributed by atoms with Crippen LogP contribution in [-0.2, 0) is 0 Å². The maximum Gasteiger partial charge on any atom is 0.224 e. The summed E-state index contributed by atoms with van der Waals surface area (Å²) in [7, 11) is 0. The molecule has 0 spiro atoms. The molecule has 0 unspecified atom stereocenters. The number of hydrogen-bond donors (Lipinski definition) is 0. The lowest BCUT2D eigenvalue weighted by Gasteiger charge is -2.35. The predicted octanol–water partition coefficient (Wildman–Crippen LogP) is 3.66. The lowest BCUT2D eigenvalue weighted by atomic mass is 9.90. The lowest BCUT2D eigenvalue weighted by Crippen LogP contribution is -2.46. The van der Waals surface area contributed by atoms with Crippen molar-refractivity contribution in [1.29, 1.82) is 0 Å². The topological polar surface area (TPSA) is 58.0 Å². The summed E-state index contributed by atoms with van der Waals surface area (Å²) in [6, 6.07) is 1.99. The molecular weight excluding hydrogens is 356 g/mol. The van der Waals surface area contributed by atoms with Gasteiger partial charge in [-0.1, -0.05) is 30.6 Å². The Balaban J connectivity index is 1.39. The van der Waals surface area contributed by atoms with E-state index in [4.69, 9.17) is 11.6 Å². The number of nitrogens with zero attached hydrogens (tertiary/aromatic N) is 6. The molecule has 2 fully saturated rings. The van der Waals surface area contributed by atoms with Gasteiger partial charge in [0.25, 0.3) is 0 Å². The first-order valence-corrected chi connectivity index (χ1v) is 10.2. The third-order valence-electron chi connectivity index (χ3n) is 5.07. The van der Waals surface area contributed by atoms with Crippen molar-refractivity contribution in [3.63, 3.8) is 0 Å². The zero-order valence-electron chi connectivity index (χ0n) is 14.5. The van der Waals surface area contributed by atoms with Crippen molar-refractivity contribution in [2.24, 2.45) is 0 Å². The van der Waals surface area contributed by atoms with Crippen molar-refractivity contribution in [1.82, 2.24) is 20.2 Å². The molecule has 2 aliphatic rings. The average Bonchev–Trinajstić information content (AvgIpc) is 3.12. The first kappa shape index (κ1) is 17.0. The summed E-state index contributed by atoms with van der Waals surface area (Å²) in [5.41, 5.74) is 0.902. The number of hydrogen-bond acceptors (Lipinski definition) is 7. The van der Waals surface area contributed by atoms with E-state index in [2.05, 4.69) is 30.0 Å². The van der Waals surface area contributed by atoms with Gasteiger partial charge in [0.1, 0.15) is 10.8 Å². The average molecular weight is 379 g/mol. The maximum atomic E-state index is 5.99. The minimum atomic E-state index is 0.318. The number of aromatic nitrogens is 4. The van der Waals surface area contributed by atoms with Crippen LogP contribution in [0.2, 0.25) is 5.28 Å². The van der Waals surface area contributed by atoms with Gasteiger partial charge in [-0.25, -0.2) is 9.97 Å². The van der Waals surface area contributed by atoms with Crippen LogP contribution in [0, 0.1) is 6.92 Å². The van der Waals surface area contributed by atoms with Gasteiger partial charge < -0.3 is 9.80 Å². The molecule has 6 nitrogen and oxygen atoms in total. The minimum absolute atomic E-state index is 0.318. The molecule has 0 amide bonds. The second-order valence-corrected chi connectivity index (χ2v) is 8.19. The Kier molecular flexibility index (Phi) is 5.03. The summed E-state index contributed by atoms with van der Waals surface area (Å²) in [6.45, 7) is 5.62. The Bertz CT molecular complexity index is 701. The normalized spacial score (nSPS) is 19.4. The largest absolute Gasteiger partial charge is 0.353 e. The van der Waals surface area contributed by atoms with Crippen molar-refractivity contribution in [3.05, 3.63) is 22.1 Å². The van der Waals surface area contributed by atoms with Gasteiger partial charge in [0.15, 0.2) is 0 Å². The predicted molar refractivity (Wildman–Crippen MR) is 102 cm³/mol. The monoisotopic (exact) mass is 378 g/mol. The fourth-order valence-electron chi connectivity index (χ4n) is 3.67. The number of halogens is 1. The second-order valence-electron chi connectivity index (χ2n) is 6.87. The van der Waals surface area contributed by atoms with Crippen LogP contribution in [0.4, 0.5) is 10.9 Å². The molecule has 2 aromatic rings. The number of anilines is 2. The molecule has 4 rings (SSSR count). The van der Waals surface area contributed by atoms with Crippen LogP contribution in [0.1, 0.15) is 48.7 Å². The highest BCUT2D eigenvalue weighted by molar-refractivity contribution is 7.15. The molecular formula is C17H23ClN6S. The van der Waals surface area contributed by atoms with E-state index in [1.165, 1.54) is 37.1 Å². The molecule has 25 heavy (non-hydrogen) atoms. The van der Waals surface area contributed by atoms with Crippen LogP contribution in [0.25, 0.3) is 0 Å². The lowest BCUT2D eigenvalue weighted by molar-refractivity contribution is 0.440. The van der Waals surface area contributed by atoms with Gasteiger partial charge in [-0.2, -0.15) is 0 Å². The number of piperazine rings is 1. The van der Waals surface area contributed by atoms with Gasteiger partial charge in [0.2, 0.25) is 10.4 Å². The smallest absolute Gasteiger partial charge is 0.224 e. The first-order chi connectivity index (χ1) is 12.2. The third-order valence-corrected chi connectivity index (χ3v) is 6.39. The van der Waals surface area contributed by atoms with E-state index < -0.39 is 0 Å². The first-order valence-electron chi connectivity index (χ1n) is 9.03. The van der Waals surface area contributed by atoms with Crippen LogP contribution in [0.3, 0.4) is 0 Å². The van der Waals surface area contributed by atoms with E-state index in [1.54, 1.807) is 11.3 Å². The molecule has 1 aliphatic carbocycles. The molecule has 1 aliphatic heterocycles. The van der Waals surface area contributed by atoms with Crippen LogP contribution in [0.15, 0.2) is 6.07 Å². The summed E-state index contributed by atoms with van der Waals surface area (Å²) in [4.78, 5) is 13.1. The van der Waals surface area contributed by atoms with E-state index >= 15 is 0 Å². The number of rotatable bonds is 3. The van der Waals surface area contributed by atoms with E-state index in [9.17, 15) is 0 Å². The molecule has 134 valence electrons. The van der Waals surface area contributed by atoms with Gasteiger partial charge in [-0.15, -0.1) is 10.2 Å². The third kappa shape index (κ3) is 3.87. The van der Waals surface area contributed by atoms with Gasteiger partial charge in [0.05, 0.1) is 0 Å².